The van der Waals surface area contributed by atoms with Crippen molar-refractivity contribution in [3.63, 3.8) is 0 Å². The van der Waals surface area contributed by atoms with Crippen LogP contribution in [-0.2, 0) is 19.3 Å². The van der Waals surface area contributed by atoms with E-state index in [9.17, 15) is 23.7 Å². The molecule has 1 unspecified atom stereocenters. The Morgan fingerprint density at radius 2 is 1.65 bits per heavy atom. The molecule has 0 bridgehead atoms. The standard InChI is InChI=1S/C41H50Cl2N4O7S/c1-25(2)34(24-55(53,26(3)4)45-40(52)46-18-7-8-19-46)47-37(27-12-14-29(42)15-13-27)33(28-10-9-11-30(43)20-28)22-41(5,39(47)51)23-36(48)44-31-16-17-32(38(49)50)35(21-31)54-6/h9-17,20-21,25-26,33-34,37H,7-8,18-19,22-24H2,1-6H3,(H,44,48)(H,49,50)/t33-,34-,37-,41-,55?/m1/s1. The topological polar surface area (TPSA) is 146 Å². The molecule has 2 N–H and O–H groups in total. The summed E-state index contributed by atoms with van der Waals surface area (Å²) >= 11 is 13.0. The molecule has 4 amide bonds. The van der Waals surface area contributed by atoms with Gasteiger partial charge < -0.3 is 25.0 Å². The third kappa shape index (κ3) is 9.47. The molecule has 3 aromatic carbocycles. The molecule has 2 aliphatic rings. The number of halogens is 2. The first kappa shape index (κ1) is 42.0. The lowest BCUT2D eigenvalue weighted by Gasteiger charge is -2.53. The highest BCUT2D eigenvalue weighted by Gasteiger charge is 2.53. The SMILES string of the molecule is COc1cc(NC(=O)C[C@@]2(C)C[C@H](c3cccc(Cl)c3)[C@@H](c3ccc(Cl)cc3)N([C@H](CS(=O)(=NC(=O)N3CCCC3)C(C)C)C(C)C)C2=O)ccc1C(=O)O. The van der Waals surface area contributed by atoms with Gasteiger partial charge in [-0.05, 0) is 72.7 Å². The number of hydrogen-bond donors (Lipinski definition) is 2. The average Bonchev–Trinajstić information content (AvgIpc) is 3.68. The lowest BCUT2D eigenvalue weighted by molar-refractivity contribution is -0.157. The van der Waals surface area contributed by atoms with Crippen LogP contribution in [0, 0.1) is 11.3 Å². The fourth-order valence-electron chi connectivity index (χ4n) is 7.69. The minimum Gasteiger partial charge on any atom is -0.496 e. The number of amides is 4. The normalized spacial score (nSPS) is 21.7. The summed E-state index contributed by atoms with van der Waals surface area (Å²) in [5.74, 6) is -2.56. The minimum atomic E-state index is -3.21. The molecule has 0 radical (unpaired) electrons. The Kier molecular flexibility index (Phi) is 13.3. The first-order valence-corrected chi connectivity index (χ1v) is 21.0. The maximum absolute atomic E-state index is 15.4. The molecule has 0 saturated carbocycles. The number of likely N-dealkylation sites (tertiary alicyclic amines) is 2. The number of aromatic carboxylic acids is 1. The van der Waals surface area contributed by atoms with Gasteiger partial charge in [0.15, 0.2) is 0 Å². The number of piperidine rings is 1. The van der Waals surface area contributed by atoms with E-state index < -0.39 is 50.4 Å². The van der Waals surface area contributed by atoms with E-state index in [1.54, 1.807) is 48.8 Å². The van der Waals surface area contributed by atoms with E-state index in [-0.39, 0.29) is 47.7 Å². The fourth-order valence-corrected chi connectivity index (χ4v) is 10.1. The lowest BCUT2D eigenvalue weighted by Crippen LogP contribution is -2.59. The van der Waals surface area contributed by atoms with Gasteiger partial charge in [-0.15, -0.1) is 4.36 Å². The van der Waals surface area contributed by atoms with Gasteiger partial charge >= 0.3 is 12.0 Å². The largest absolute Gasteiger partial charge is 0.496 e. The molecule has 3 aromatic rings. The van der Waals surface area contributed by atoms with Crippen molar-refractivity contribution >= 4 is 62.4 Å². The summed E-state index contributed by atoms with van der Waals surface area (Å²) in [6, 6.07) is 17.2. The third-order valence-corrected chi connectivity index (χ3v) is 14.0. The Hall–Kier alpha value is -4.13. The quantitative estimate of drug-likeness (QED) is 0.186. The number of nitrogens with zero attached hydrogens (tertiary/aromatic N) is 3. The van der Waals surface area contributed by atoms with Crippen LogP contribution < -0.4 is 10.1 Å². The Morgan fingerprint density at radius 1 is 0.982 bits per heavy atom. The second kappa shape index (κ2) is 17.3. The molecule has 0 spiro atoms. The van der Waals surface area contributed by atoms with Gasteiger partial charge in [-0.25, -0.2) is 13.8 Å². The van der Waals surface area contributed by atoms with Gasteiger partial charge in [0.2, 0.25) is 11.8 Å². The number of urea groups is 1. The van der Waals surface area contributed by atoms with Crippen LogP contribution in [0.3, 0.4) is 0 Å². The number of methoxy groups -OCH3 is 1. The number of carboxylic acid groups (broad SMARTS) is 1. The maximum atomic E-state index is 15.4. The predicted molar refractivity (Wildman–Crippen MR) is 217 cm³/mol. The van der Waals surface area contributed by atoms with Crippen molar-refractivity contribution in [1.29, 1.82) is 0 Å². The van der Waals surface area contributed by atoms with Crippen LogP contribution in [0.1, 0.15) is 93.7 Å². The summed E-state index contributed by atoms with van der Waals surface area (Å²) in [5.41, 5.74) is 0.620. The molecule has 2 saturated heterocycles. The second-order valence-electron chi connectivity index (χ2n) is 15.4. The van der Waals surface area contributed by atoms with E-state index in [2.05, 4.69) is 9.68 Å². The number of carbonyl (C=O) groups is 4. The molecule has 14 heteroatoms. The van der Waals surface area contributed by atoms with Crippen LogP contribution in [0.5, 0.6) is 5.75 Å². The van der Waals surface area contributed by atoms with Gasteiger partial charge in [-0.3, -0.25) is 9.59 Å². The van der Waals surface area contributed by atoms with Gasteiger partial charge in [0.25, 0.3) is 0 Å². The van der Waals surface area contributed by atoms with Gasteiger partial charge in [-0.2, -0.15) is 0 Å². The number of carboxylic acids is 1. The molecular formula is C41H50Cl2N4O7S. The number of carbonyl (C=O) groups excluding carboxylic acids is 3. The van der Waals surface area contributed by atoms with E-state index in [1.807, 2.05) is 44.2 Å². The van der Waals surface area contributed by atoms with E-state index in [0.29, 0.717) is 28.8 Å². The second-order valence-corrected chi connectivity index (χ2v) is 19.1. The van der Waals surface area contributed by atoms with Crippen molar-refractivity contribution in [1.82, 2.24) is 9.80 Å². The van der Waals surface area contributed by atoms with Crippen molar-refractivity contribution in [2.75, 3.05) is 31.3 Å². The molecule has 2 heterocycles. The van der Waals surface area contributed by atoms with Crippen LogP contribution in [0.25, 0.3) is 0 Å². The Bertz CT molecular complexity index is 2040. The molecule has 55 heavy (non-hydrogen) atoms. The molecule has 0 aromatic heterocycles. The average molecular weight is 814 g/mol. The van der Waals surface area contributed by atoms with Crippen LogP contribution in [-0.4, -0.2) is 80.2 Å². The van der Waals surface area contributed by atoms with Gasteiger partial charge in [0, 0.05) is 58.5 Å². The molecule has 0 aliphatic carbocycles. The highest BCUT2D eigenvalue weighted by Crippen LogP contribution is 2.53. The first-order chi connectivity index (χ1) is 26.0. The summed E-state index contributed by atoms with van der Waals surface area (Å²) in [6.07, 6.45) is 1.76. The van der Waals surface area contributed by atoms with E-state index in [4.69, 9.17) is 27.9 Å². The smallest absolute Gasteiger partial charge is 0.351 e. The van der Waals surface area contributed by atoms with Crippen LogP contribution in [0.15, 0.2) is 71.1 Å². The number of benzene rings is 3. The third-order valence-electron chi connectivity index (χ3n) is 10.7. The van der Waals surface area contributed by atoms with Crippen LogP contribution in [0.4, 0.5) is 10.5 Å². The van der Waals surface area contributed by atoms with E-state index >= 15 is 4.79 Å². The molecule has 2 fully saturated rings. The highest BCUT2D eigenvalue weighted by atomic mass is 35.5. The minimum absolute atomic E-state index is 0.0575. The van der Waals surface area contributed by atoms with Gasteiger partial charge in [-0.1, -0.05) is 82.1 Å². The Balaban J connectivity index is 1.64. The summed E-state index contributed by atoms with van der Waals surface area (Å²) in [4.78, 5) is 57.8. The van der Waals surface area contributed by atoms with E-state index in [1.165, 1.54) is 25.3 Å². The molecule has 2 aliphatic heterocycles. The summed E-state index contributed by atoms with van der Waals surface area (Å²) < 4.78 is 24.6. The molecule has 5 rings (SSSR count). The number of ether oxygens (including phenoxy) is 1. The van der Waals surface area contributed by atoms with Crippen LogP contribution >= 0.6 is 23.2 Å². The zero-order valence-corrected chi connectivity index (χ0v) is 34.4. The molecular weight excluding hydrogens is 763 g/mol. The number of anilines is 1. The van der Waals surface area contributed by atoms with Crippen molar-refractivity contribution in [2.24, 2.45) is 15.7 Å². The molecule has 11 nitrogen and oxygen atoms in total. The van der Waals surface area contributed by atoms with E-state index in [0.717, 1.165) is 24.0 Å². The molecule has 5 atom stereocenters. The van der Waals surface area contributed by atoms with Crippen molar-refractivity contribution < 1.29 is 33.2 Å². The number of nitrogens with one attached hydrogen (secondary N) is 1. The summed E-state index contributed by atoms with van der Waals surface area (Å²) in [5, 5.41) is 12.9. The Labute approximate surface area is 333 Å². The number of rotatable bonds is 12. The maximum Gasteiger partial charge on any atom is 0.351 e. The monoisotopic (exact) mass is 812 g/mol. The summed E-state index contributed by atoms with van der Waals surface area (Å²) in [7, 11) is -1.87. The lowest BCUT2D eigenvalue weighted by atomic mass is 9.66. The highest BCUT2D eigenvalue weighted by molar-refractivity contribution is 7.94. The predicted octanol–water partition coefficient (Wildman–Crippen LogP) is 8.91. The van der Waals surface area contributed by atoms with Gasteiger partial charge in [0.05, 0.1) is 34.0 Å². The Morgan fingerprint density at radius 3 is 2.24 bits per heavy atom. The van der Waals surface area contributed by atoms with Gasteiger partial charge in [0.1, 0.15) is 11.3 Å². The zero-order chi connectivity index (χ0) is 40.2. The zero-order valence-electron chi connectivity index (χ0n) is 32.1. The first-order valence-electron chi connectivity index (χ1n) is 18.5. The van der Waals surface area contributed by atoms with Crippen molar-refractivity contribution in [2.45, 2.75) is 83.6 Å². The summed E-state index contributed by atoms with van der Waals surface area (Å²) in [6.45, 7) is 10.4. The number of hydrogen-bond acceptors (Lipinski definition) is 6. The fraction of sp³-hybridized carbons (Fsp3) is 0.463. The molecule has 296 valence electrons. The van der Waals surface area contributed by atoms with Crippen molar-refractivity contribution in [3.05, 3.63) is 93.5 Å². The van der Waals surface area contributed by atoms with Crippen LogP contribution in [0.2, 0.25) is 10.0 Å². The van der Waals surface area contributed by atoms with Crippen molar-refractivity contribution in [3.8, 4) is 5.75 Å².